The lowest BCUT2D eigenvalue weighted by Crippen LogP contribution is -2.51. The highest BCUT2D eigenvalue weighted by molar-refractivity contribution is 5.93. The fourth-order valence-corrected chi connectivity index (χ4v) is 3.31. The average molecular weight is 324 g/mol. The number of benzene rings is 1. The number of nitrogens with one attached hydrogen (secondary N) is 1. The second-order valence-electron chi connectivity index (χ2n) is 6.24. The summed E-state index contributed by atoms with van der Waals surface area (Å²) in [6, 6.07) is 5.83. The van der Waals surface area contributed by atoms with E-state index in [4.69, 9.17) is 5.73 Å². The molecule has 0 bridgehead atoms. The molecule has 1 saturated heterocycles. The van der Waals surface area contributed by atoms with Gasteiger partial charge in [-0.05, 0) is 31.0 Å². The Morgan fingerprint density at radius 2 is 2.12 bits per heavy atom. The molecule has 0 saturated carbocycles. The number of piperidine rings is 1. The molecule has 0 aliphatic carbocycles. The minimum absolute atomic E-state index is 0.108. The number of nitrogens with two attached hydrogens (primary N) is 1. The van der Waals surface area contributed by atoms with Gasteiger partial charge in [0.15, 0.2) is 0 Å². The Bertz CT molecular complexity index is 799. The third-order valence-electron chi connectivity index (χ3n) is 4.35. The number of hydrogen-bond donors (Lipinski definition) is 2. The van der Waals surface area contributed by atoms with E-state index in [0.717, 1.165) is 25.2 Å². The Labute approximate surface area is 140 Å². The Hall–Kier alpha value is -2.72. The van der Waals surface area contributed by atoms with Crippen LogP contribution in [0.5, 0.6) is 0 Å². The van der Waals surface area contributed by atoms with Crippen molar-refractivity contribution in [2.45, 2.75) is 19.4 Å². The number of hydrogen-bond acceptors (Lipinski definition) is 6. The largest absolute Gasteiger partial charge is 0.368 e. The van der Waals surface area contributed by atoms with E-state index in [9.17, 15) is 10.1 Å². The highest BCUT2D eigenvalue weighted by Crippen LogP contribution is 2.29. The third kappa shape index (κ3) is 3.14. The van der Waals surface area contributed by atoms with Crippen LogP contribution in [0.1, 0.15) is 18.9 Å². The minimum Gasteiger partial charge on any atom is -0.368 e. The number of nitrogens with zero attached hydrogens (tertiary/aromatic N) is 4. The zero-order valence-corrected chi connectivity index (χ0v) is 13.6. The second-order valence-corrected chi connectivity index (χ2v) is 6.24. The van der Waals surface area contributed by atoms with Crippen molar-refractivity contribution in [1.82, 2.24) is 15.3 Å². The monoisotopic (exact) mass is 324 g/mol. The van der Waals surface area contributed by atoms with E-state index in [2.05, 4.69) is 28.3 Å². The Kier molecular flexibility index (Phi) is 4.58. The SMILES string of the molecule is C[C@@H]1CNC[C@@H](N(CC(N)=O)c2ccc(C#N)c3nccnc23)C1. The van der Waals surface area contributed by atoms with E-state index in [1.54, 1.807) is 18.5 Å². The summed E-state index contributed by atoms with van der Waals surface area (Å²) in [6.07, 6.45) is 4.12. The summed E-state index contributed by atoms with van der Waals surface area (Å²) >= 11 is 0. The van der Waals surface area contributed by atoms with E-state index in [-0.39, 0.29) is 12.6 Å². The second kappa shape index (κ2) is 6.81. The molecule has 1 amide bonds. The van der Waals surface area contributed by atoms with Gasteiger partial charge >= 0.3 is 0 Å². The molecule has 1 aliphatic rings. The molecular formula is C17H20N6O. The molecule has 1 fully saturated rings. The molecular weight excluding hydrogens is 304 g/mol. The van der Waals surface area contributed by atoms with Crippen molar-refractivity contribution in [3.8, 4) is 6.07 Å². The topological polar surface area (TPSA) is 108 Å². The summed E-state index contributed by atoms with van der Waals surface area (Å²) in [5.41, 5.74) is 7.91. The third-order valence-corrected chi connectivity index (χ3v) is 4.35. The molecule has 3 N–H and O–H groups in total. The molecule has 2 heterocycles. The van der Waals surface area contributed by atoms with Crippen LogP contribution in [0.15, 0.2) is 24.5 Å². The van der Waals surface area contributed by atoms with Crippen LogP contribution in [0, 0.1) is 17.2 Å². The van der Waals surface area contributed by atoms with Crippen molar-refractivity contribution in [2.75, 3.05) is 24.5 Å². The molecule has 2 atom stereocenters. The van der Waals surface area contributed by atoms with Gasteiger partial charge in [0.1, 0.15) is 17.1 Å². The minimum atomic E-state index is -0.394. The summed E-state index contributed by atoms with van der Waals surface area (Å²) < 4.78 is 0. The number of primary amides is 1. The lowest BCUT2D eigenvalue weighted by atomic mass is 9.95. The molecule has 0 unspecified atom stereocenters. The molecule has 124 valence electrons. The van der Waals surface area contributed by atoms with Gasteiger partial charge in [-0.25, -0.2) is 0 Å². The first kappa shape index (κ1) is 16.1. The highest BCUT2D eigenvalue weighted by Gasteiger charge is 2.27. The maximum atomic E-state index is 11.6. The first-order valence-electron chi connectivity index (χ1n) is 7.99. The maximum Gasteiger partial charge on any atom is 0.236 e. The van der Waals surface area contributed by atoms with Crippen LogP contribution in [0.2, 0.25) is 0 Å². The molecule has 1 aliphatic heterocycles. The fourth-order valence-electron chi connectivity index (χ4n) is 3.31. The first-order valence-corrected chi connectivity index (χ1v) is 7.99. The lowest BCUT2D eigenvalue weighted by molar-refractivity contribution is -0.116. The highest BCUT2D eigenvalue weighted by atomic mass is 16.1. The van der Waals surface area contributed by atoms with Gasteiger partial charge in [0.25, 0.3) is 0 Å². The molecule has 7 heteroatoms. The van der Waals surface area contributed by atoms with E-state index < -0.39 is 5.91 Å². The summed E-state index contributed by atoms with van der Waals surface area (Å²) in [4.78, 5) is 22.3. The zero-order valence-electron chi connectivity index (χ0n) is 13.6. The number of carbonyl (C=O) groups excluding carboxylic acids is 1. The van der Waals surface area contributed by atoms with Crippen LogP contribution in [-0.4, -0.2) is 41.6 Å². The summed E-state index contributed by atoms with van der Waals surface area (Å²) in [5.74, 6) is 0.115. The van der Waals surface area contributed by atoms with Gasteiger partial charge in [0.05, 0.1) is 17.8 Å². The molecule has 1 aromatic carbocycles. The van der Waals surface area contributed by atoms with Gasteiger partial charge in [0.2, 0.25) is 5.91 Å². The quantitative estimate of drug-likeness (QED) is 0.861. The van der Waals surface area contributed by atoms with E-state index >= 15 is 0 Å². The smallest absolute Gasteiger partial charge is 0.236 e. The number of amides is 1. The Morgan fingerprint density at radius 3 is 2.79 bits per heavy atom. The van der Waals surface area contributed by atoms with Crippen LogP contribution in [-0.2, 0) is 4.79 Å². The first-order chi connectivity index (χ1) is 11.6. The van der Waals surface area contributed by atoms with Gasteiger partial charge < -0.3 is 16.0 Å². The van der Waals surface area contributed by atoms with Crippen LogP contribution in [0.3, 0.4) is 0 Å². The van der Waals surface area contributed by atoms with Crippen LogP contribution in [0.4, 0.5) is 5.69 Å². The van der Waals surface area contributed by atoms with E-state index in [1.807, 2.05) is 11.0 Å². The molecule has 1 aromatic heterocycles. The standard InChI is InChI=1S/C17H20N6O/c1-11-6-13(9-20-8-11)23(10-15(19)24)14-3-2-12(7-18)16-17(14)22-5-4-21-16/h2-5,11,13,20H,6,8-10H2,1H3,(H2,19,24)/t11-,13-/m0/s1. The molecule has 0 spiro atoms. The van der Waals surface area contributed by atoms with E-state index in [0.29, 0.717) is 22.5 Å². The Morgan fingerprint density at radius 1 is 1.38 bits per heavy atom. The van der Waals surface area contributed by atoms with Gasteiger partial charge in [-0.1, -0.05) is 6.92 Å². The van der Waals surface area contributed by atoms with Crippen molar-refractivity contribution < 1.29 is 4.79 Å². The molecule has 24 heavy (non-hydrogen) atoms. The fraction of sp³-hybridized carbons (Fsp3) is 0.412. The average Bonchev–Trinajstić information content (AvgIpc) is 2.59. The lowest BCUT2D eigenvalue weighted by Gasteiger charge is -2.38. The molecule has 7 nitrogen and oxygen atoms in total. The van der Waals surface area contributed by atoms with Gasteiger partial charge in [0, 0.05) is 25.0 Å². The summed E-state index contributed by atoms with van der Waals surface area (Å²) in [7, 11) is 0. The van der Waals surface area contributed by atoms with Crippen LogP contribution >= 0.6 is 0 Å². The van der Waals surface area contributed by atoms with Crippen molar-refractivity contribution in [1.29, 1.82) is 5.26 Å². The summed E-state index contributed by atoms with van der Waals surface area (Å²) in [5, 5.41) is 12.7. The Balaban J connectivity index is 2.09. The number of fused-ring (bicyclic) bond motifs is 1. The van der Waals surface area contributed by atoms with Crippen LogP contribution < -0.4 is 16.0 Å². The number of rotatable bonds is 4. The van der Waals surface area contributed by atoms with Gasteiger partial charge in [-0.2, -0.15) is 5.26 Å². The van der Waals surface area contributed by atoms with Gasteiger partial charge in [-0.3, -0.25) is 14.8 Å². The maximum absolute atomic E-state index is 11.6. The molecule has 2 aromatic rings. The number of anilines is 1. The van der Waals surface area contributed by atoms with Crippen LogP contribution in [0.25, 0.3) is 11.0 Å². The van der Waals surface area contributed by atoms with Crippen molar-refractivity contribution in [2.24, 2.45) is 11.7 Å². The zero-order chi connectivity index (χ0) is 17.1. The number of nitriles is 1. The van der Waals surface area contributed by atoms with E-state index in [1.165, 1.54) is 0 Å². The van der Waals surface area contributed by atoms with Gasteiger partial charge in [-0.15, -0.1) is 0 Å². The van der Waals surface area contributed by atoms with Crippen molar-refractivity contribution >= 4 is 22.6 Å². The van der Waals surface area contributed by atoms with Crippen molar-refractivity contribution in [3.05, 3.63) is 30.1 Å². The number of aromatic nitrogens is 2. The van der Waals surface area contributed by atoms with Crippen molar-refractivity contribution in [3.63, 3.8) is 0 Å². The molecule has 0 radical (unpaired) electrons. The number of carbonyl (C=O) groups is 1. The predicted molar refractivity (Wildman–Crippen MR) is 91.2 cm³/mol. The molecule has 3 rings (SSSR count). The predicted octanol–water partition coefficient (Wildman–Crippen LogP) is 0.791. The normalized spacial score (nSPS) is 20.5. The summed E-state index contributed by atoms with van der Waals surface area (Å²) in [6.45, 7) is 4.03.